The number of pyridine rings is 1. The maximum absolute atomic E-state index is 12.9. The number of aliphatic hydroxyl groups is 2. The second kappa shape index (κ2) is 10.8. The average Bonchev–Trinajstić information content (AvgIpc) is 2.82. The molecule has 1 aromatic heterocycles. The number of aliphatic hydroxyl groups excluding tert-OH is 2. The topological polar surface area (TPSA) is 118 Å². The number of carbonyl (C=O) groups is 2. The van der Waals surface area contributed by atoms with Crippen LogP contribution in [0.5, 0.6) is 5.75 Å². The molecule has 1 unspecified atom stereocenters. The normalized spacial score (nSPS) is 11.6. The van der Waals surface area contributed by atoms with Crippen LogP contribution in [0.2, 0.25) is 0 Å². The highest BCUT2D eigenvalue weighted by Crippen LogP contribution is 2.31. The minimum atomic E-state index is -1.24. The molecule has 34 heavy (non-hydrogen) atoms. The third-order valence-electron chi connectivity index (χ3n) is 4.93. The van der Waals surface area contributed by atoms with Crippen LogP contribution in [0.4, 0.5) is 5.69 Å². The highest BCUT2D eigenvalue weighted by molar-refractivity contribution is 5.90. The molecule has 1 atom stereocenters. The summed E-state index contributed by atoms with van der Waals surface area (Å²) in [4.78, 5) is 38.6. The van der Waals surface area contributed by atoms with Crippen LogP contribution >= 0.6 is 0 Å². The number of esters is 2. The Morgan fingerprint density at radius 1 is 1.09 bits per heavy atom. The summed E-state index contributed by atoms with van der Waals surface area (Å²) in [5, 5.41) is 18.4. The van der Waals surface area contributed by atoms with E-state index in [4.69, 9.17) is 14.6 Å². The Labute approximate surface area is 196 Å². The van der Waals surface area contributed by atoms with Crippen LogP contribution in [-0.4, -0.2) is 60.1 Å². The molecule has 0 bridgehead atoms. The molecular weight excluding hydrogens is 440 g/mol. The van der Waals surface area contributed by atoms with Crippen LogP contribution in [0.1, 0.15) is 17.3 Å². The predicted octanol–water partition coefficient (Wildman–Crippen LogP) is 2.01. The summed E-state index contributed by atoms with van der Waals surface area (Å²) < 4.78 is 11.8. The Hall–Kier alpha value is -3.95. The summed E-state index contributed by atoms with van der Waals surface area (Å²) in [6.45, 7) is 0.279. The maximum atomic E-state index is 12.9. The van der Waals surface area contributed by atoms with Gasteiger partial charge >= 0.3 is 11.9 Å². The first-order chi connectivity index (χ1) is 16.2. The number of hydrogen-bond acceptors (Lipinski definition) is 8. The molecule has 0 radical (unpaired) electrons. The maximum Gasteiger partial charge on any atom is 0.343 e. The van der Waals surface area contributed by atoms with Gasteiger partial charge in [0.2, 0.25) is 0 Å². The van der Waals surface area contributed by atoms with Gasteiger partial charge in [0.25, 0.3) is 0 Å². The van der Waals surface area contributed by atoms with Crippen molar-refractivity contribution in [2.45, 2.75) is 13.0 Å². The Bertz CT molecular complexity index is 1230. The van der Waals surface area contributed by atoms with Gasteiger partial charge < -0.3 is 29.2 Å². The number of para-hydroxylation sites is 1. The largest absolute Gasteiger partial charge is 0.459 e. The van der Waals surface area contributed by atoms with Gasteiger partial charge in [-0.2, -0.15) is 0 Å². The minimum Gasteiger partial charge on any atom is -0.459 e. The van der Waals surface area contributed by atoms with Crippen molar-refractivity contribution in [1.82, 2.24) is 4.57 Å². The van der Waals surface area contributed by atoms with E-state index < -0.39 is 36.7 Å². The first-order valence-electron chi connectivity index (χ1n) is 10.5. The lowest BCUT2D eigenvalue weighted by atomic mass is 10.1. The van der Waals surface area contributed by atoms with Crippen molar-refractivity contribution in [2.24, 2.45) is 0 Å². The summed E-state index contributed by atoms with van der Waals surface area (Å²) in [6, 6.07) is 15.4. The van der Waals surface area contributed by atoms with Crippen molar-refractivity contribution < 1.29 is 29.3 Å². The SMILES string of the molecule is CC(=O)Oc1ccc(-n2cc(C(=O)OCC(O)CO)c(=O)cc2-c2ccccc2N(C)C)cc1. The molecule has 0 amide bonds. The van der Waals surface area contributed by atoms with E-state index in [-0.39, 0.29) is 5.56 Å². The highest BCUT2D eigenvalue weighted by Gasteiger charge is 2.20. The van der Waals surface area contributed by atoms with Gasteiger partial charge in [0.05, 0.1) is 12.3 Å². The number of benzene rings is 2. The first kappa shape index (κ1) is 24.7. The van der Waals surface area contributed by atoms with Gasteiger partial charge in [0.15, 0.2) is 5.43 Å². The number of ether oxygens (including phenoxy) is 2. The van der Waals surface area contributed by atoms with Gasteiger partial charge in [-0.3, -0.25) is 9.59 Å². The molecule has 3 aromatic rings. The van der Waals surface area contributed by atoms with Crippen molar-refractivity contribution >= 4 is 17.6 Å². The smallest absolute Gasteiger partial charge is 0.343 e. The highest BCUT2D eigenvalue weighted by atomic mass is 16.5. The zero-order valence-electron chi connectivity index (χ0n) is 19.1. The van der Waals surface area contributed by atoms with Crippen LogP contribution in [-0.2, 0) is 9.53 Å². The second-order valence-corrected chi connectivity index (χ2v) is 7.74. The van der Waals surface area contributed by atoms with Crippen LogP contribution in [0.25, 0.3) is 16.9 Å². The van der Waals surface area contributed by atoms with Gasteiger partial charge in [-0.05, 0) is 30.3 Å². The van der Waals surface area contributed by atoms with Crippen LogP contribution in [0.15, 0.2) is 65.6 Å². The molecule has 0 spiro atoms. The van der Waals surface area contributed by atoms with Crippen LogP contribution in [0, 0.1) is 0 Å². The Morgan fingerprint density at radius 2 is 1.76 bits per heavy atom. The molecule has 0 saturated heterocycles. The van der Waals surface area contributed by atoms with Gasteiger partial charge in [0, 0.05) is 50.2 Å². The van der Waals surface area contributed by atoms with E-state index in [2.05, 4.69) is 0 Å². The fourth-order valence-corrected chi connectivity index (χ4v) is 3.33. The molecule has 0 aliphatic heterocycles. The third kappa shape index (κ3) is 5.69. The van der Waals surface area contributed by atoms with E-state index in [1.54, 1.807) is 28.8 Å². The number of rotatable bonds is 8. The summed E-state index contributed by atoms with van der Waals surface area (Å²) >= 11 is 0. The molecule has 178 valence electrons. The van der Waals surface area contributed by atoms with Crippen molar-refractivity contribution in [1.29, 1.82) is 0 Å². The molecule has 9 nitrogen and oxygen atoms in total. The van der Waals surface area contributed by atoms with Crippen molar-refractivity contribution in [3.8, 4) is 22.7 Å². The standard InChI is InChI=1S/C25H26N2O7/c1-16(29)34-19-10-8-17(9-11-19)27-13-21(25(32)33-15-18(30)14-28)24(31)12-23(27)20-6-4-5-7-22(20)26(2)3/h4-13,18,28,30H,14-15H2,1-3H3. The van der Waals surface area contributed by atoms with Gasteiger partial charge in [-0.15, -0.1) is 0 Å². The molecule has 3 rings (SSSR count). The number of carbonyl (C=O) groups excluding carboxylic acids is 2. The summed E-state index contributed by atoms with van der Waals surface area (Å²) in [6.07, 6.45) is 0.129. The van der Waals surface area contributed by atoms with Gasteiger partial charge in [0.1, 0.15) is 24.0 Å². The molecular formula is C25H26N2O7. The summed E-state index contributed by atoms with van der Waals surface area (Å²) in [5.74, 6) is -1.02. The van der Waals surface area contributed by atoms with E-state index in [0.717, 1.165) is 11.3 Å². The van der Waals surface area contributed by atoms with E-state index in [1.165, 1.54) is 19.2 Å². The fraction of sp³-hybridized carbons (Fsp3) is 0.240. The minimum absolute atomic E-state index is 0.236. The van der Waals surface area contributed by atoms with E-state index in [9.17, 15) is 19.5 Å². The van der Waals surface area contributed by atoms with E-state index in [1.807, 2.05) is 43.3 Å². The molecule has 0 aliphatic rings. The van der Waals surface area contributed by atoms with E-state index >= 15 is 0 Å². The van der Waals surface area contributed by atoms with E-state index in [0.29, 0.717) is 17.1 Å². The number of anilines is 1. The number of aromatic nitrogens is 1. The Morgan fingerprint density at radius 3 is 2.38 bits per heavy atom. The second-order valence-electron chi connectivity index (χ2n) is 7.74. The summed E-state index contributed by atoms with van der Waals surface area (Å²) in [5.41, 5.74) is 1.95. The molecule has 2 N–H and O–H groups in total. The molecule has 0 fully saturated rings. The van der Waals surface area contributed by atoms with Crippen LogP contribution in [0.3, 0.4) is 0 Å². The quantitative estimate of drug-likeness (QED) is 0.382. The fourth-order valence-electron chi connectivity index (χ4n) is 3.33. The lowest BCUT2D eigenvalue weighted by molar-refractivity contribution is -0.131. The first-order valence-corrected chi connectivity index (χ1v) is 10.5. The summed E-state index contributed by atoms with van der Waals surface area (Å²) in [7, 11) is 3.76. The third-order valence-corrected chi connectivity index (χ3v) is 4.93. The molecule has 0 saturated carbocycles. The Kier molecular flexibility index (Phi) is 7.83. The Balaban J connectivity index is 2.16. The molecule has 2 aromatic carbocycles. The zero-order valence-corrected chi connectivity index (χ0v) is 19.1. The number of nitrogens with zero attached hydrogens (tertiary/aromatic N) is 2. The average molecular weight is 466 g/mol. The van der Waals surface area contributed by atoms with Crippen molar-refractivity contribution in [2.75, 3.05) is 32.2 Å². The predicted molar refractivity (Wildman–Crippen MR) is 126 cm³/mol. The van der Waals surface area contributed by atoms with Crippen LogP contribution < -0.4 is 15.1 Å². The number of hydrogen-bond donors (Lipinski definition) is 2. The molecule has 0 aliphatic carbocycles. The monoisotopic (exact) mass is 466 g/mol. The molecule has 9 heteroatoms. The van der Waals surface area contributed by atoms with Gasteiger partial charge in [-0.25, -0.2) is 4.79 Å². The van der Waals surface area contributed by atoms with Crippen molar-refractivity contribution in [3.63, 3.8) is 0 Å². The molecule has 1 heterocycles. The zero-order chi connectivity index (χ0) is 24.8. The van der Waals surface area contributed by atoms with Crippen molar-refractivity contribution in [3.05, 3.63) is 76.6 Å². The lowest BCUT2D eigenvalue weighted by Crippen LogP contribution is -2.25. The lowest BCUT2D eigenvalue weighted by Gasteiger charge is -2.21. The van der Waals surface area contributed by atoms with Gasteiger partial charge in [-0.1, -0.05) is 18.2 Å².